The van der Waals surface area contributed by atoms with E-state index in [1.165, 1.54) is 17.3 Å². The highest BCUT2D eigenvalue weighted by molar-refractivity contribution is 8.02. The van der Waals surface area contributed by atoms with Gasteiger partial charge in [-0.05, 0) is 30.4 Å². The number of ether oxygens (including phenoxy) is 1. The van der Waals surface area contributed by atoms with Crippen LogP contribution in [0.15, 0.2) is 29.3 Å². The van der Waals surface area contributed by atoms with Crippen LogP contribution in [-0.4, -0.2) is 28.9 Å². The van der Waals surface area contributed by atoms with Crippen LogP contribution < -0.4 is 0 Å². The van der Waals surface area contributed by atoms with Crippen LogP contribution in [0.1, 0.15) is 45.7 Å². The molecule has 3 nitrogen and oxygen atoms in total. The Kier molecular flexibility index (Phi) is 4.47. The fraction of sp³-hybridized carbons (Fsp3) is 0.529. The van der Waals surface area contributed by atoms with Crippen LogP contribution in [0.4, 0.5) is 0 Å². The third-order valence-corrected chi connectivity index (χ3v) is 4.81. The minimum Gasteiger partial charge on any atom is -0.464 e. The highest BCUT2D eigenvalue weighted by Gasteiger charge is 2.40. The zero-order chi connectivity index (χ0) is 15.7. The van der Waals surface area contributed by atoms with Crippen molar-refractivity contribution in [2.75, 3.05) is 12.4 Å². The van der Waals surface area contributed by atoms with Gasteiger partial charge >= 0.3 is 5.97 Å². The average molecular weight is 305 g/mol. The van der Waals surface area contributed by atoms with Crippen LogP contribution in [-0.2, 0) is 14.9 Å². The van der Waals surface area contributed by atoms with Crippen LogP contribution in [0.3, 0.4) is 0 Å². The lowest BCUT2D eigenvalue weighted by Gasteiger charge is -2.19. The number of esters is 1. The fourth-order valence-corrected chi connectivity index (χ4v) is 3.21. The SMILES string of the molecule is CCOC(=O)C1(C)N=C(c2ccc(C(C)(C)C)cc2)CS1. The van der Waals surface area contributed by atoms with Crippen LogP contribution in [0, 0.1) is 0 Å². The number of benzene rings is 1. The third-order valence-electron chi connectivity index (χ3n) is 3.58. The van der Waals surface area contributed by atoms with E-state index in [4.69, 9.17) is 4.74 Å². The molecular formula is C17H23NO2S. The van der Waals surface area contributed by atoms with Crippen molar-refractivity contribution in [2.45, 2.75) is 44.9 Å². The first-order chi connectivity index (χ1) is 9.76. The van der Waals surface area contributed by atoms with Gasteiger partial charge in [0.15, 0.2) is 0 Å². The topological polar surface area (TPSA) is 38.7 Å². The lowest BCUT2D eigenvalue weighted by Crippen LogP contribution is -2.29. The summed E-state index contributed by atoms with van der Waals surface area (Å²) < 4.78 is 5.11. The smallest absolute Gasteiger partial charge is 0.344 e. The van der Waals surface area contributed by atoms with Crippen molar-refractivity contribution >= 4 is 23.4 Å². The van der Waals surface area contributed by atoms with E-state index in [2.05, 4.69) is 50.0 Å². The molecule has 0 bridgehead atoms. The van der Waals surface area contributed by atoms with Gasteiger partial charge in [0.2, 0.25) is 4.87 Å². The standard InChI is InChI=1S/C17H23NO2S/c1-6-20-15(19)17(5)18-14(11-21-17)12-7-9-13(10-8-12)16(2,3)4/h7-10H,6,11H2,1-5H3. The van der Waals surface area contributed by atoms with E-state index in [0.29, 0.717) is 6.61 Å². The quantitative estimate of drug-likeness (QED) is 0.797. The molecule has 0 saturated heterocycles. The zero-order valence-corrected chi connectivity index (χ0v) is 14.2. The Morgan fingerprint density at radius 1 is 1.33 bits per heavy atom. The van der Waals surface area contributed by atoms with E-state index in [-0.39, 0.29) is 11.4 Å². The predicted octanol–water partition coefficient (Wildman–Crippen LogP) is 3.80. The molecule has 0 amide bonds. The van der Waals surface area contributed by atoms with E-state index < -0.39 is 4.87 Å². The fourth-order valence-electron chi connectivity index (χ4n) is 2.21. The van der Waals surface area contributed by atoms with Crippen LogP contribution >= 0.6 is 11.8 Å². The maximum atomic E-state index is 12.0. The van der Waals surface area contributed by atoms with E-state index >= 15 is 0 Å². The lowest BCUT2D eigenvalue weighted by atomic mass is 9.86. The second-order valence-electron chi connectivity index (χ2n) is 6.38. The predicted molar refractivity (Wildman–Crippen MR) is 89.2 cm³/mol. The van der Waals surface area contributed by atoms with Crippen molar-refractivity contribution < 1.29 is 9.53 Å². The second kappa shape index (κ2) is 5.84. The van der Waals surface area contributed by atoms with Crippen molar-refractivity contribution in [3.63, 3.8) is 0 Å². The van der Waals surface area contributed by atoms with E-state index in [0.717, 1.165) is 17.0 Å². The number of rotatable bonds is 3. The van der Waals surface area contributed by atoms with Gasteiger partial charge in [0.05, 0.1) is 12.3 Å². The summed E-state index contributed by atoms with van der Waals surface area (Å²) in [7, 11) is 0. The molecule has 1 aliphatic rings. The molecule has 0 aromatic heterocycles. The van der Waals surface area contributed by atoms with Crippen molar-refractivity contribution in [1.29, 1.82) is 0 Å². The average Bonchev–Trinajstić information content (AvgIpc) is 2.82. The van der Waals surface area contributed by atoms with Crippen molar-refractivity contribution in [3.8, 4) is 0 Å². The number of carbonyl (C=O) groups excluding carboxylic acids is 1. The highest BCUT2D eigenvalue weighted by Crippen LogP contribution is 2.35. The molecule has 114 valence electrons. The highest BCUT2D eigenvalue weighted by atomic mass is 32.2. The molecule has 0 N–H and O–H groups in total. The minimum absolute atomic E-state index is 0.143. The van der Waals surface area contributed by atoms with Gasteiger partial charge in [0.25, 0.3) is 0 Å². The molecule has 2 rings (SSSR count). The molecule has 1 heterocycles. The molecule has 0 aliphatic carbocycles. The first kappa shape index (κ1) is 16.1. The molecular weight excluding hydrogens is 282 g/mol. The Morgan fingerprint density at radius 2 is 1.95 bits per heavy atom. The van der Waals surface area contributed by atoms with Gasteiger partial charge < -0.3 is 4.74 Å². The number of thioether (sulfide) groups is 1. The summed E-state index contributed by atoms with van der Waals surface area (Å²) in [5.41, 5.74) is 3.50. The summed E-state index contributed by atoms with van der Waals surface area (Å²) in [5, 5.41) is 0. The number of aliphatic imine (C=N–C) groups is 1. The molecule has 4 heteroatoms. The Hall–Kier alpha value is -1.29. The normalized spacial score (nSPS) is 22.0. The Morgan fingerprint density at radius 3 is 2.48 bits per heavy atom. The Labute approximate surface area is 131 Å². The van der Waals surface area contributed by atoms with E-state index in [9.17, 15) is 4.79 Å². The van der Waals surface area contributed by atoms with Gasteiger partial charge in [-0.15, -0.1) is 11.8 Å². The minimum atomic E-state index is -0.798. The summed E-state index contributed by atoms with van der Waals surface area (Å²) in [6.45, 7) is 10.6. The van der Waals surface area contributed by atoms with Gasteiger partial charge in [-0.2, -0.15) is 0 Å². The zero-order valence-electron chi connectivity index (χ0n) is 13.4. The van der Waals surface area contributed by atoms with Gasteiger partial charge in [0, 0.05) is 5.75 Å². The molecule has 0 spiro atoms. The number of nitrogens with zero attached hydrogens (tertiary/aromatic N) is 1. The number of hydrogen-bond acceptors (Lipinski definition) is 4. The molecule has 0 fully saturated rings. The second-order valence-corrected chi connectivity index (χ2v) is 7.75. The third kappa shape index (κ3) is 3.49. The van der Waals surface area contributed by atoms with Gasteiger partial charge in [-0.3, -0.25) is 4.99 Å². The summed E-state index contributed by atoms with van der Waals surface area (Å²) in [6, 6.07) is 8.47. The number of carbonyl (C=O) groups is 1. The van der Waals surface area contributed by atoms with Gasteiger partial charge in [0.1, 0.15) is 0 Å². The summed E-state index contributed by atoms with van der Waals surface area (Å²) in [4.78, 5) is 15.8. The first-order valence-electron chi connectivity index (χ1n) is 7.27. The summed E-state index contributed by atoms with van der Waals surface area (Å²) in [6.07, 6.45) is 0. The van der Waals surface area contributed by atoms with E-state index in [1.807, 2.05) is 13.8 Å². The molecule has 1 unspecified atom stereocenters. The van der Waals surface area contributed by atoms with E-state index in [1.54, 1.807) is 0 Å². The Bertz CT molecular complexity index is 557. The van der Waals surface area contributed by atoms with Crippen LogP contribution in [0.2, 0.25) is 0 Å². The maximum absolute atomic E-state index is 12.0. The van der Waals surface area contributed by atoms with Crippen molar-refractivity contribution in [1.82, 2.24) is 0 Å². The van der Waals surface area contributed by atoms with Gasteiger partial charge in [-0.1, -0.05) is 45.0 Å². The maximum Gasteiger partial charge on any atom is 0.344 e. The molecule has 0 saturated carbocycles. The molecule has 1 aromatic carbocycles. The summed E-state index contributed by atoms with van der Waals surface area (Å²) >= 11 is 1.53. The van der Waals surface area contributed by atoms with Crippen molar-refractivity contribution in [3.05, 3.63) is 35.4 Å². The molecule has 1 aliphatic heterocycles. The largest absolute Gasteiger partial charge is 0.464 e. The lowest BCUT2D eigenvalue weighted by molar-refractivity contribution is -0.145. The van der Waals surface area contributed by atoms with Crippen LogP contribution in [0.25, 0.3) is 0 Å². The monoisotopic (exact) mass is 305 g/mol. The number of hydrogen-bond donors (Lipinski definition) is 0. The molecule has 21 heavy (non-hydrogen) atoms. The van der Waals surface area contributed by atoms with Crippen molar-refractivity contribution in [2.24, 2.45) is 4.99 Å². The summed E-state index contributed by atoms with van der Waals surface area (Å²) in [5.74, 6) is 0.487. The molecule has 1 atom stereocenters. The molecule has 1 aromatic rings. The first-order valence-corrected chi connectivity index (χ1v) is 8.25. The van der Waals surface area contributed by atoms with Crippen LogP contribution in [0.5, 0.6) is 0 Å². The Balaban J connectivity index is 2.22. The van der Waals surface area contributed by atoms with Gasteiger partial charge in [-0.25, -0.2) is 4.79 Å². The molecule has 0 radical (unpaired) electrons.